The molecule has 0 unspecified atom stereocenters. The van der Waals surface area contributed by atoms with Crippen molar-refractivity contribution >= 4 is 11.9 Å². The SMILES string of the molecule is CC1CC[NH+](N)CC1.O=C(O)CCC(=O)O. The summed E-state index contributed by atoms with van der Waals surface area (Å²) in [7, 11) is 0. The molecule has 5 N–H and O–H groups in total. The first-order valence-corrected chi connectivity index (χ1v) is 5.45. The average molecular weight is 233 g/mol. The number of carbonyl (C=O) groups is 2. The van der Waals surface area contributed by atoms with Crippen molar-refractivity contribution < 1.29 is 24.8 Å². The van der Waals surface area contributed by atoms with Gasteiger partial charge in [-0.3, -0.25) is 14.6 Å². The van der Waals surface area contributed by atoms with Crippen LogP contribution in [0.2, 0.25) is 0 Å². The summed E-state index contributed by atoms with van der Waals surface area (Å²) >= 11 is 0. The Hall–Kier alpha value is -1.14. The highest BCUT2D eigenvalue weighted by molar-refractivity contribution is 5.75. The molecule has 1 heterocycles. The summed E-state index contributed by atoms with van der Waals surface area (Å²) in [6, 6.07) is 0. The fourth-order valence-corrected chi connectivity index (χ4v) is 1.35. The minimum Gasteiger partial charge on any atom is -0.481 e. The lowest BCUT2D eigenvalue weighted by molar-refractivity contribution is -0.918. The number of hydrogen-bond donors (Lipinski definition) is 4. The second-order valence-electron chi connectivity index (χ2n) is 4.13. The minimum absolute atomic E-state index is 0.296. The molecule has 1 fully saturated rings. The number of nitrogens with two attached hydrogens (primary N) is 1. The summed E-state index contributed by atoms with van der Waals surface area (Å²) in [5.74, 6) is 4.38. The van der Waals surface area contributed by atoms with Gasteiger partial charge in [-0.15, -0.1) is 0 Å². The van der Waals surface area contributed by atoms with E-state index < -0.39 is 11.9 Å². The van der Waals surface area contributed by atoms with Crippen molar-refractivity contribution in [3.8, 4) is 0 Å². The lowest BCUT2D eigenvalue weighted by Crippen LogP contribution is -3.18. The molecule has 0 amide bonds. The molecule has 0 aliphatic carbocycles. The van der Waals surface area contributed by atoms with Gasteiger partial charge in [0, 0.05) is 12.8 Å². The van der Waals surface area contributed by atoms with E-state index in [0.717, 1.165) is 5.92 Å². The Morgan fingerprint density at radius 2 is 1.56 bits per heavy atom. The summed E-state index contributed by atoms with van der Waals surface area (Å²) in [4.78, 5) is 19.3. The van der Waals surface area contributed by atoms with Gasteiger partial charge in [0.25, 0.3) is 0 Å². The van der Waals surface area contributed by atoms with E-state index in [1.807, 2.05) is 0 Å². The van der Waals surface area contributed by atoms with E-state index in [1.54, 1.807) is 0 Å². The summed E-state index contributed by atoms with van der Waals surface area (Å²) in [5.41, 5.74) is 0. The fourth-order valence-electron chi connectivity index (χ4n) is 1.35. The van der Waals surface area contributed by atoms with Gasteiger partial charge >= 0.3 is 11.9 Å². The third-order valence-electron chi connectivity index (χ3n) is 2.47. The molecule has 1 aliphatic rings. The Bertz CT molecular complexity index is 201. The topological polar surface area (TPSA) is 105 Å². The molecule has 0 aromatic rings. The van der Waals surface area contributed by atoms with Gasteiger partial charge in [0.2, 0.25) is 0 Å². The number of rotatable bonds is 3. The van der Waals surface area contributed by atoms with Gasteiger partial charge in [0.1, 0.15) is 0 Å². The third kappa shape index (κ3) is 9.42. The molecule has 6 nitrogen and oxygen atoms in total. The Kier molecular flexibility index (Phi) is 7.49. The highest BCUT2D eigenvalue weighted by Crippen LogP contribution is 2.05. The fraction of sp³-hybridized carbons (Fsp3) is 0.800. The summed E-state index contributed by atoms with van der Waals surface area (Å²) in [6.45, 7) is 4.63. The second-order valence-corrected chi connectivity index (χ2v) is 4.13. The number of hydrogen-bond acceptors (Lipinski definition) is 3. The van der Waals surface area contributed by atoms with E-state index in [-0.39, 0.29) is 12.8 Å². The van der Waals surface area contributed by atoms with Crippen LogP contribution in [0.5, 0.6) is 0 Å². The number of quaternary nitrogens is 1. The largest absolute Gasteiger partial charge is 0.481 e. The number of aliphatic carboxylic acids is 2. The van der Waals surface area contributed by atoms with E-state index in [9.17, 15) is 9.59 Å². The zero-order chi connectivity index (χ0) is 12.6. The van der Waals surface area contributed by atoms with Crippen LogP contribution in [-0.2, 0) is 9.59 Å². The molecule has 6 heteroatoms. The molecular weight excluding hydrogens is 212 g/mol. The van der Waals surface area contributed by atoms with Gasteiger partial charge < -0.3 is 10.2 Å². The van der Waals surface area contributed by atoms with Crippen LogP contribution in [0.4, 0.5) is 0 Å². The first-order chi connectivity index (χ1) is 7.41. The summed E-state index contributed by atoms with van der Waals surface area (Å²) in [6.07, 6.45) is 2.03. The van der Waals surface area contributed by atoms with E-state index in [2.05, 4.69) is 6.92 Å². The van der Waals surface area contributed by atoms with Gasteiger partial charge in [0.15, 0.2) is 0 Å². The molecule has 0 bridgehead atoms. The predicted molar refractivity (Wildman–Crippen MR) is 57.8 cm³/mol. The molecule has 94 valence electrons. The van der Waals surface area contributed by atoms with Crippen LogP contribution in [0, 0.1) is 5.92 Å². The number of carboxylic acid groups (broad SMARTS) is 2. The maximum absolute atomic E-state index is 9.64. The zero-order valence-corrected chi connectivity index (χ0v) is 9.61. The highest BCUT2D eigenvalue weighted by atomic mass is 16.4. The molecule has 1 aliphatic heterocycles. The van der Waals surface area contributed by atoms with Crippen molar-refractivity contribution in [1.82, 2.24) is 0 Å². The van der Waals surface area contributed by atoms with Gasteiger partial charge in [-0.2, -0.15) is 5.84 Å². The van der Waals surface area contributed by atoms with Crippen LogP contribution in [0.1, 0.15) is 32.6 Å². The lowest BCUT2D eigenvalue weighted by atomic mass is 10.0. The van der Waals surface area contributed by atoms with Crippen LogP contribution < -0.4 is 10.9 Å². The summed E-state index contributed by atoms with van der Waals surface area (Å²) in [5, 5.41) is 17.0. The van der Waals surface area contributed by atoms with Crippen molar-refractivity contribution in [2.45, 2.75) is 32.6 Å². The molecule has 0 aromatic heterocycles. The number of carboxylic acids is 2. The van der Waals surface area contributed by atoms with Crippen molar-refractivity contribution in [2.24, 2.45) is 11.8 Å². The smallest absolute Gasteiger partial charge is 0.303 e. The maximum Gasteiger partial charge on any atom is 0.303 e. The van der Waals surface area contributed by atoms with Crippen molar-refractivity contribution in [1.29, 1.82) is 0 Å². The molecule has 0 atom stereocenters. The summed E-state index contributed by atoms with van der Waals surface area (Å²) < 4.78 is 0. The van der Waals surface area contributed by atoms with Crippen LogP contribution in [-0.4, -0.2) is 35.2 Å². The monoisotopic (exact) mass is 233 g/mol. The van der Waals surface area contributed by atoms with Crippen molar-refractivity contribution in [3.63, 3.8) is 0 Å². The average Bonchev–Trinajstić information content (AvgIpc) is 2.20. The molecule has 0 spiro atoms. The van der Waals surface area contributed by atoms with Crippen LogP contribution in [0.3, 0.4) is 0 Å². The Labute approximate surface area is 95.0 Å². The molecule has 0 aromatic carbocycles. The number of piperidine rings is 1. The lowest BCUT2D eigenvalue weighted by Gasteiger charge is -2.22. The van der Waals surface area contributed by atoms with Crippen LogP contribution in [0.25, 0.3) is 0 Å². The van der Waals surface area contributed by atoms with Gasteiger partial charge in [-0.05, 0) is 5.92 Å². The Balaban J connectivity index is 0.000000281. The zero-order valence-electron chi connectivity index (χ0n) is 9.61. The molecular formula is C10H21N2O4+. The first kappa shape index (κ1) is 14.9. The minimum atomic E-state index is -1.08. The van der Waals surface area contributed by atoms with E-state index in [1.165, 1.54) is 30.9 Å². The Morgan fingerprint density at radius 3 is 1.81 bits per heavy atom. The normalized spacial score (nSPS) is 24.1. The number of nitrogens with one attached hydrogen (secondary N) is 1. The van der Waals surface area contributed by atoms with E-state index in [4.69, 9.17) is 16.1 Å². The maximum atomic E-state index is 9.64. The van der Waals surface area contributed by atoms with Crippen molar-refractivity contribution in [2.75, 3.05) is 13.1 Å². The van der Waals surface area contributed by atoms with Gasteiger partial charge in [-0.25, -0.2) is 0 Å². The van der Waals surface area contributed by atoms with Crippen LogP contribution >= 0.6 is 0 Å². The third-order valence-corrected chi connectivity index (χ3v) is 2.47. The van der Waals surface area contributed by atoms with Crippen molar-refractivity contribution in [3.05, 3.63) is 0 Å². The molecule has 1 saturated heterocycles. The standard InChI is InChI=1S/C6H14N2.C4H6O4/c1-6-2-4-8(7)5-3-6;5-3(6)1-2-4(7)8/h6H,2-5,7H2,1H3;1-2H2,(H,5,6)(H,7,8)/p+1. The van der Waals surface area contributed by atoms with E-state index in [0.29, 0.717) is 0 Å². The van der Waals surface area contributed by atoms with Crippen LogP contribution in [0.15, 0.2) is 0 Å². The molecule has 16 heavy (non-hydrogen) atoms. The van der Waals surface area contributed by atoms with Gasteiger partial charge in [-0.1, -0.05) is 6.92 Å². The van der Waals surface area contributed by atoms with Gasteiger partial charge in [0.05, 0.1) is 25.9 Å². The Morgan fingerprint density at radius 1 is 1.19 bits per heavy atom. The second kappa shape index (κ2) is 8.06. The quantitative estimate of drug-likeness (QED) is 0.473. The molecule has 0 radical (unpaired) electrons. The highest BCUT2D eigenvalue weighted by Gasteiger charge is 2.14. The van der Waals surface area contributed by atoms with E-state index >= 15 is 0 Å². The first-order valence-electron chi connectivity index (χ1n) is 5.45. The molecule has 1 rings (SSSR count). The predicted octanol–water partition coefficient (Wildman–Crippen LogP) is -0.889. The molecule has 0 saturated carbocycles.